The van der Waals surface area contributed by atoms with Gasteiger partial charge in [-0.1, -0.05) is 18.7 Å². The number of hydrogen-bond acceptors (Lipinski definition) is 5. The Morgan fingerprint density at radius 2 is 2.60 bits per heavy atom. The lowest BCUT2D eigenvalue weighted by molar-refractivity contribution is -0.120. The molecule has 6 heteroatoms. The summed E-state index contributed by atoms with van der Waals surface area (Å²) < 4.78 is 5.05. The van der Waals surface area contributed by atoms with E-state index in [4.69, 9.17) is 10.2 Å². The Morgan fingerprint density at radius 1 is 1.80 bits per heavy atom. The molecule has 3 N–H and O–H groups in total. The third-order valence-corrected chi connectivity index (χ3v) is 2.72. The summed E-state index contributed by atoms with van der Waals surface area (Å²) in [6, 6.07) is -0.266. The average molecular weight is 229 g/mol. The molecule has 0 bridgehead atoms. The van der Waals surface area contributed by atoms with E-state index in [1.54, 1.807) is 6.20 Å². The van der Waals surface area contributed by atoms with Crippen LogP contribution in [0, 0.1) is 0 Å². The zero-order valence-corrected chi connectivity index (χ0v) is 9.42. The van der Waals surface area contributed by atoms with Gasteiger partial charge in [-0.25, -0.2) is 4.98 Å². The summed E-state index contributed by atoms with van der Waals surface area (Å²) in [6.45, 7) is 2.68. The maximum atomic E-state index is 11.0. The van der Waals surface area contributed by atoms with E-state index < -0.39 is 0 Å². The van der Waals surface area contributed by atoms with Crippen molar-refractivity contribution in [1.82, 2.24) is 10.3 Å². The van der Waals surface area contributed by atoms with Gasteiger partial charge >= 0.3 is 0 Å². The van der Waals surface area contributed by atoms with Crippen molar-refractivity contribution >= 4 is 17.7 Å². The van der Waals surface area contributed by atoms with Crippen LogP contribution in [0.1, 0.15) is 13.3 Å². The predicted molar refractivity (Wildman–Crippen MR) is 58.5 cm³/mol. The number of amides is 1. The molecule has 1 aromatic rings. The molecule has 0 aliphatic carbocycles. The smallest absolute Gasteiger partial charge is 0.255 e. The molecule has 1 amide bonds. The van der Waals surface area contributed by atoms with Crippen molar-refractivity contribution in [3.63, 3.8) is 0 Å². The van der Waals surface area contributed by atoms with Crippen LogP contribution in [0.2, 0.25) is 0 Å². The van der Waals surface area contributed by atoms with Crippen LogP contribution in [0.3, 0.4) is 0 Å². The quantitative estimate of drug-likeness (QED) is 0.670. The van der Waals surface area contributed by atoms with Gasteiger partial charge in [-0.3, -0.25) is 4.79 Å². The van der Waals surface area contributed by atoms with Gasteiger partial charge in [-0.15, -0.1) is 0 Å². The zero-order valence-electron chi connectivity index (χ0n) is 8.60. The molecule has 0 aromatic carbocycles. The van der Waals surface area contributed by atoms with Crippen molar-refractivity contribution < 1.29 is 9.21 Å². The minimum Gasteiger partial charge on any atom is -0.440 e. The number of likely N-dealkylation sites (N-methyl/N-ethyl adjacent to an activating group) is 1. The van der Waals surface area contributed by atoms with Crippen LogP contribution in [0.4, 0.5) is 0 Å². The predicted octanol–water partition coefficient (Wildman–Crippen LogP) is 0.620. The molecule has 5 nitrogen and oxygen atoms in total. The normalized spacial score (nSPS) is 12.6. The first-order chi connectivity index (χ1) is 7.24. The topological polar surface area (TPSA) is 81.2 Å². The molecule has 15 heavy (non-hydrogen) atoms. The summed E-state index contributed by atoms with van der Waals surface area (Å²) in [5.41, 5.74) is 5.23. The highest BCUT2D eigenvalue weighted by Crippen LogP contribution is 2.16. The van der Waals surface area contributed by atoms with E-state index in [2.05, 4.69) is 10.3 Å². The van der Waals surface area contributed by atoms with Crippen LogP contribution in [0.5, 0.6) is 0 Å². The van der Waals surface area contributed by atoms with Gasteiger partial charge in [0.15, 0.2) is 0 Å². The third-order valence-electron chi connectivity index (χ3n) is 1.84. The maximum Gasteiger partial charge on any atom is 0.255 e. The molecule has 1 heterocycles. The van der Waals surface area contributed by atoms with Crippen molar-refractivity contribution in [3.05, 3.63) is 12.5 Å². The minimum atomic E-state index is -0.315. The van der Waals surface area contributed by atoms with E-state index in [9.17, 15) is 4.79 Å². The van der Waals surface area contributed by atoms with Crippen LogP contribution in [-0.4, -0.2) is 29.2 Å². The number of nitrogens with one attached hydrogen (secondary N) is 1. The molecule has 1 rings (SSSR count). The maximum absolute atomic E-state index is 11.0. The lowest BCUT2D eigenvalue weighted by Crippen LogP contribution is -2.41. The Bertz CT molecular complexity index is 290. The Balaban J connectivity index is 2.25. The second-order valence-electron chi connectivity index (χ2n) is 2.95. The van der Waals surface area contributed by atoms with E-state index in [-0.39, 0.29) is 11.9 Å². The van der Waals surface area contributed by atoms with Gasteiger partial charge in [0.1, 0.15) is 6.26 Å². The summed E-state index contributed by atoms with van der Waals surface area (Å²) in [5, 5.41) is 3.64. The monoisotopic (exact) mass is 229 g/mol. The molecule has 0 saturated carbocycles. The first-order valence-electron chi connectivity index (χ1n) is 4.79. The standard InChI is InChI=1S/C9H15N3O2S/c1-2-11-7(8(10)13)3-6-15-9-12-4-5-14-9/h4-5,7,11H,2-3,6H2,1H3,(H2,10,13). The van der Waals surface area contributed by atoms with Gasteiger partial charge in [0.05, 0.1) is 12.2 Å². The van der Waals surface area contributed by atoms with Crippen LogP contribution >= 0.6 is 11.8 Å². The summed E-state index contributed by atoms with van der Waals surface area (Å²) in [7, 11) is 0. The van der Waals surface area contributed by atoms with Crippen LogP contribution in [0.25, 0.3) is 0 Å². The number of thioether (sulfide) groups is 1. The summed E-state index contributed by atoms with van der Waals surface area (Å²) in [5.74, 6) is 0.436. The zero-order chi connectivity index (χ0) is 11.1. The number of carbonyl (C=O) groups excluding carboxylic acids is 1. The van der Waals surface area contributed by atoms with Gasteiger partial charge in [0, 0.05) is 5.75 Å². The third kappa shape index (κ3) is 4.35. The minimum absolute atomic E-state index is 0.266. The fourth-order valence-corrected chi connectivity index (χ4v) is 1.92. The number of nitrogens with two attached hydrogens (primary N) is 1. The summed E-state index contributed by atoms with van der Waals surface area (Å²) >= 11 is 1.47. The SMILES string of the molecule is CCNC(CCSc1ncco1)C(N)=O. The molecule has 1 atom stereocenters. The second-order valence-corrected chi connectivity index (χ2v) is 3.99. The Morgan fingerprint density at radius 3 is 3.13 bits per heavy atom. The van der Waals surface area contributed by atoms with Gasteiger partial charge in [-0.2, -0.15) is 0 Å². The van der Waals surface area contributed by atoms with Crippen molar-refractivity contribution in [1.29, 1.82) is 0 Å². The lowest BCUT2D eigenvalue weighted by Gasteiger charge is -2.12. The van der Waals surface area contributed by atoms with Gasteiger partial charge < -0.3 is 15.5 Å². The summed E-state index contributed by atoms with van der Waals surface area (Å²) in [6.07, 6.45) is 3.80. The Hall–Kier alpha value is -1.01. The van der Waals surface area contributed by atoms with E-state index in [1.165, 1.54) is 18.0 Å². The molecule has 84 valence electrons. The number of oxazole rings is 1. The molecule has 0 radical (unpaired) electrons. The van der Waals surface area contributed by atoms with Crippen molar-refractivity contribution in [2.75, 3.05) is 12.3 Å². The average Bonchev–Trinajstić information content (AvgIpc) is 2.69. The Kier molecular flexibility index (Phi) is 5.20. The molecule has 0 aliphatic rings. The number of aromatic nitrogens is 1. The van der Waals surface area contributed by atoms with Gasteiger partial charge in [0.2, 0.25) is 5.91 Å². The van der Waals surface area contributed by atoms with E-state index in [1.807, 2.05) is 6.92 Å². The summed E-state index contributed by atoms with van der Waals surface area (Å²) in [4.78, 5) is 15.0. The molecule has 0 aliphatic heterocycles. The Labute approximate surface area is 92.8 Å². The van der Waals surface area contributed by atoms with Gasteiger partial charge in [-0.05, 0) is 13.0 Å². The number of hydrogen-bond donors (Lipinski definition) is 2. The van der Waals surface area contributed by atoms with E-state index in [0.717, 1.165) is 12.3 Å². The highest BCUT2D eigenvalue weighted by Gasteiger charge is 2.13. The largest absolute Gasteiger partial charge is 0.440 e. The number of carbonyl (C=O) groups is 1. The van der Waals surface area contributed by atoms with Crippen LogP contribution in [-0.2, 0) is 4.79 Å². The number of primary amides is 1. The number of nitrogens with zero attached hydrogens (tertiary/aromatic N) is 1. The molecular formula is C9H15N3O2S. The highest BCUT2D eigenvalue weighted by molar-refractivity contribution is 7.99. The van der Waals surface area contributed by atoms with Crippen molar-refractivity contribution in [3.8, 4) is 0 Å². The lowest BCUT2D eigenvalue weighted by atomic mass is 10.2. The first-order valence-corrected chi connectivity index (χ1v) is 5.77. The van der Waals surface area contributed by atoms with Crippen molar-refractivity contribution in [2.24, 2.45) is 5.73 Å². The molecule has 0 fully saturated rings. The van der Waals surface area contributed by atoms with Gasteiger partial charge in [0.25, 0.3) is 5.22 Å². The van der Waals surface area contributed by atoms with Crippen LogP contribution in [0.15, 0.2) is 22.1 Å². The van der Waals surface area contributed by atoms with E-state index >= 15 is 0 Å². The number of rotatable bonds is 7. The fourth-order valence-electron chi connectivity index (χ4n) is 1.14. The van der Waals surface area contributed by atoms with Crippen LogP contribution < -0.4 is 11.1 Å². The highest BCUT2D eigenvalue weighted by atomic mass is 32.2. The first kappa shape index (κ1) is 12.1. The molecule has 0 spiro atoms. The van der Waals surface area contributed by atoms with Crippen molar-refractivity contribution in [2.45, 2.75) is 24.6 Å². The van der Waals surface area contributed by atoms with E-state index in [0.29, 0.717) is 11.6 Å². The molecule has 0 saturated heterocycles. The molecule has 1 unspecified atom stereocenters. The molecular weight excluding hydrogens is 214 g/mol. The second kappa shape index (κ2) is 6.47. The molecule has 1 aromatic heterocycles. The fraction of sp³-hybridized carbons (Fsp3) is 0.556.